The van der Waals surface area contributed by atoms with Crippen LogP contribution in [0.25, 0.3) is 0 Å². The summed E-state index contributed by atoms with van der Waals surface area (Å²) in [7, 11) is 3.88. The maximum Gasteiger partial charge on any atom is 0.306 e. The van der Waals surface area contributed by atoms with Crippen LogP contribution in [0.5, 0.6) is 11.5 Å². The smallest absolute Gasteiger partial charge is 0.306 e. The second-order valence-electron chi connectivity index (χ2n) is 8.78. The van der Waals surface area contributed by atoms with Crippen LogP contribution in [-0.4, -0.2) is 43.8 Å². The van der Waals surface area contributed by atoms with E-state index >= 15 is 0 Å². The van der Waals surface area contributed by atoms with Crippen molar-refractivity contribution in [2.45, 2.75) is 76.5 Å². The molecule has 3 aliphatic rings. The van der Waals surface area contributed by atoms with E-state index in [4.69, 9.17) is 14.2 Å². The van der Waals surface area contributed by atoms with E-state index in [-0.39, 0.29) is 29.5 Å². The van der Waals surface area contributed by atoms with Crippen molar-refractivity contribution in [1.29, 1.82) is 0 Å². The van der Waals surface area contributed by atoms with E-state index in [2.05, 4.69) is 31.9 Å². The normalized spacial score (nSPS) is 30.9. The molecule has 4 rings (SSSR count). The van der Waals surface area contributed by atoms with Gasteiger partial charge in [0.05, 0.1) is 7.11 Å². The van der Waals surface area contributed by atoms with Crippen LogP contribution in [0.2, 0.25) is 0 Å². The van der Waals surface area contributed by atoms with Gasteiger partial charge in [0.15, 0.2) is 11.5 Å². The number of carbonyl (C=O) groups excluding carboxylic acids is 1. The molecule has 4 atom stereocenters. The molecule has 1 fully saturated rings. The molecule has 2 heterocycles. The first-order valence-corrected chi connectivity index (χ1v) is 10.8. The highest BCUT2D eigenvalue weighted by molar-refractivity contribution is 5.70. The predicted molar refractivity (Wildman–Crippen MR) is 108 cm³/mol. The monoisotopic (exact) mass is 387 g/mol. The van der Waals surface area contributed by atoms with Gasteiger partial charge in [-0.25, -0.2) is 0 Å². The molecule has 0 N–H and O–H groups in total. The number of ether oxygens (including phenoxy) is 3. The molecule has 1 aromatic rings. The molecule has 1 unspecified atom stereocenters. The minimum Gasteiger partial charge on any atom is -0.493 e. The quantitative estimate of drug-likeness (QED) is 0.544. The average Bonchev–Trinajstić information content (AvgIpc) is 3.06. The third-order valence-corrected chi connectivity index (χ3v) is 7.16. The Kier molecular flexibility index (Phi) is 5.30. The molecule has 0 aromatic heterocycles. The average molecular weight is 388 g/mol. The largest absolute Gasteiger partial charge is 0.493 e. The van der Waals surface area contributed by atoms with Gasteiger partial charge in [-0.2, -0.15) is 0 Å². The molecule has 2 aliphatic heterocycles. The van der Waals surface area contributed by atoms with Crippen molar-refractivity contribution >= 4 is 5.97 Å². The molecular formula is C23H33NO4. The van der Waals surface area contributed by atoms with Crippen molar-refractivity contribution in [3.05, 3.63) is 23.3 Å². The molecule has 154 valence electrons. The van der Waals surface area contributed by atoms with Crippen LogP contribution in [0.3, 0.4) is 0 Å². The van der Waals surface area contributed by atoms with Crippen LogP contribution < -0.4 is 9.47 Å². The first-order valence-electron chi connectivity index (χ1n) is 10.8. The van der Waals surface area contributed by atoms with E-state index in [1.54, 1.807) is 7.11 Å². The summed E-state index contributed by atoms with van der Waals surface area (Å²) in [5.74, 6) is 1.90. The molecule has 1 aliphatic carbocycles. The molecule has 28 heavy (non-hydrogen) atoms. The summed E-state index contributed by atoms with van der Waals surface area (Å²) < 4.78 is 18.1. The number of carbonyl (C=O) groups is 1. The van der Waals surface area contributed by atoms with Crippen molar-refractivity contribution in [1.82, 2.24) is 4.90 Å². The number of rotatable bonds is 6. The summed E-state index contributed by atoms with van der Waals surface area (Å²) in [5.41, 5.74) is 2.52. The highest BCUT2D eigenvalue weighted by Crippen LogP contribution is 2.61. The molecule has 5 heteroatoms. The molecule has 1 saturated carbocycles. The zero-order valence-corrected chi connectivity index (χ0v) is 17.6. The second-order valence-corrected chi connectivity index (χ2v) is 8.78. The Labute approximate surface area is 168 Å². The van der Waals surface area contributed by atoms with Crippen LogP contribution >= 0.6 is 0 Å². The molecule has 0 amide bonds. The fraction of sp³-hybridized carbons (Fsp3) is 0.696. The summed E-state index contributed by atoms with van der Waals surface area (Å²) in [6, 6.07) is 4.21. The summed E-state index contributed by atoms with van der Waals surface area (Å²) in [4.78, 5) is 14.8. The Morgan fingerprint density at radius 2 is 2.18 bits per heavy atom. The second kappa shape index (κ2) is 7.58. The Bertz CT molecular complexity index is 748. The van der Waals surface area contributed by atoms with Crippen molar-refractivity contribution in [3.8, 4) is 11.5 Å². The maximum atomic E-state index is 12.4. The fourth-order valence-corrected chi connectivity index (χ4v) is 5.62. The Morgan fingerprint density at radius 1 is 1.36 bits per heavy atom. The van der Waals surface area contributed by atoms with E-state index in [1.807, 2.05) is 6.07 Å². The summed E-state index contributed by atoms with van der Waals surface area (Å²) in [6.07, 6.45) is 5.38. The van der Waals surface area contributed by atoms with Gasteiger partial charge in [-0.3, -0.25) is 4.79 Å². The Morgan fingerprint density at radius 3 is 2.93 bits per heavy atom. The summed E-state index contributed by atoms with van der Waals surface area (Å²) in [6.45, 7) is 6.32. The highest BCUT2D eigenvalue weighted by atomic mass is 16.6. The number of hydrogen-bond donors (Lipinski definition) is 0. The van der Waals surface area contributed by atoms with E-state index in [9.17, 15) is 4.79 Å². The number of methoxy groups -OCH3 is 1. The minimum atomic E-state index is -0.0989. The van der Waals surface area contributed by atoms with E-state index in [0.29, 0.717) is 6.42 Å². The molecular weight excluding hydrogens is 354 g/mol. The van der Waals surface area contributed by atoms with Crippen LogP contribution in [0.1, 0.15) is 63.5 Å². The number of hydrogen-bond acceptors (Lipinski definition) is 5. The highest BCUT2D eigenvalue weighted by Gasteiger charge is 2.62. The lowest BCUT2D eigenvalue weighted by Crippen LogP contribution is -2.40. The van der Waals surface area contributed by atoms with E-state index < -0.39 is 0 Å². The van der Waals surface area contributed by atoms with Gasteiger partial charge in [-0.1, -0.05) is 32.8 Å². The van der Waals surface area contributed by atoms with E-state index in [0.717, 1.165) is 56.7 Å². The lowest BCUT2D eigenvalue weighted by Gasteiger charge is -2.34. The number of benzene rings is 1. The van der Waals surface area contributed by atoms with Gasteiger partial charge in [0.2, 0.25) is 0 Å². The SMILES string of the molecule is CCCCCC(=O)O[C@@H]1C[C@@H]2Oc3c(OC)ccc4c3[C@]2(CCN(C)C4)C1C. The van der Waals surface area contributed by atoms with Gasteiger partial charge in [-0.15, -0.1) is 0 Å². The maximum absolute atomic E-state index is 12.4. The third kappa shape index (κ3) is 2.99. The van der Waals surface area contributed by atoms with Crippen LogP contribution in [0, 0.1) is 5.92 Å². The standard InChI is InChI=1S/C23H33NO4/c1-5-6-7-8-20(25)27-18-13-19-23(15(18)2)11-12-24(3)14-16-9-10-17(26-4)22(28-19)21(16)23/h9-10,15,18-19H,5-8,11-14H2,1-4H3/t15?,18-,19+,23-/m1/s1. The number of esters is 1. The minimum absolute atomic E-state index is 0.0486. The van der Waals surface area contributed by atoms with Crippen molar-refractivity contribution < 1.29 is 19.0 Å². The number of unbranched alkanes of at least 4 members (excludes halogenated alkanes) is 2. The fourth-order valence-electron chi connectivity index (χ4n) is 5.62. The molecule has 1 aromatic carbocycles. The van der Waals surface area contributed by atoms with Crippen molar-refractivity contribution in [2.75, 3.05) is 20.7 Å². The van der Waals surface area contributed by atoms with Crippen LogP contribution in [0.15, 0.2) is 12.1 Å². The molecule has 0 saturated heterocycles. The first kappa shape index (κ1) is 19.6. The topological polar surface area (TPSA) is 48.0 Å². The van der Waals surface area contributed by atoms with Gasteiger partial charge in [0, 0.05) is 36.3 Å². The van der Waals surface area contributed by atoms with Gasteiger partial charge in [-0.05, 0) is 38.1 Å². The molecule has 0 bridgehead atoms. The van der Waals surface area contributed by atoms with Gasteiger partial charge in [0.1, 0.15) is 12.2 Å². The zero-order valence-electron chi connectivity index (χ0n) is 17.6. The zero-order chi connectivity index (χ0) is 19.9. The van der Waals surface area contributed by atoms with Crippen LogP contribution in [0.4, 0.5) is 0 Å². The van der Waals surface area contributed by atoms with Crippen molar-refractivity contribution in [2.24, 2.45) is 5.92 Å². The lowest BCUT2D eigenvalue weighted by molar-refractivity contribution is -0.151. The Balaban J connectivity index is 1.64. The van der Waals surface area contributed by atoms with E-state index in [1.165, 1.54) is 11.1 Å². The molecule has 5 nitrogen and oxygen atoms in total. The van der Waals surface area contributed by atoms with Gasteiger partial charge >= 0.3 is 5.97 Å². The van der Waals surface area contributed by atoms with Crippen molar-refractivity contribution in [3.63, 3.8) is 0 Å². The summed E-state index contributed by atoms with van der Waals surface area (Å²) in [5, 5.41) is 0. The van der Waals surface area contributed by atoms with Crippen LogP contribution in [-0.2, 0) is 21.5 Å². The number of nitrogens with zero attached hydrogens (tertiary/aromatic N) is 1. The molecule has 1 spiro atoms. The Hall–Kier alpha value is -1.75. The summed E-state index contributed by atoms with van der Waals surface area (Å²) >= 11 is 0. The predicted octanol–water partition coefficient (Wildman–Crippen LogP) is 4.06. The molecule has 0 radical (unpaired) electrons. The van der Waals surface area contributed by atoms with Gasteiger partial charge in [0.25, 0.3) is 0 Å². The van der Waals surface area contributed by atoms with Gasteiger partial charge < -0.3 is 19.1 Å². The third-order valence-electron chi connectivity index (χ3n) is 7.16. The first-order chi connectivity index (χ1) is 13.5. The lowest BCUT2D eigenvalue weighted by atomic mass is 9.69.